The molecule has 1 atom stereocenters. The van der Waals surface area contributed by atoms with Crippen molar-refractivity contribution in [2.75, 3.05) is 44.2 Å². The third kappa shape index (κ3) is 3.09. The van der Waals surface area contributed by atoms with Gasteiger partial charge in [0.15, 0.2) is 0 Å². The Morgan fingerprint density at radius 2 is 1.65 bits per heavy atom. The predicted octanol–water partition coefficient (Wildman–Crippen LogP) is 2.21. The summed E-state index contributed by atoms with van der Waals surface area (Å²) >= 11 is 0. The number of benzene rings is 1. The maximum Gasteiger partial charge on any atom is 0.227 e. The maximum atomic E-state index is 12.8. The highest BCUT2D eigenvalue weighted by Crippen LogP contribution is 2.27. The van der Waals surface area contributed by atoms with E-state index in [9.17, 15) is 4.79 Å². The van der Waals surface area contributed by atoms with Crippen molar-refractivity contribution in [3.8, 4) is 0 Å². The molecule has 1 saturated carbocycles. The zero-order chi connectivity index (χ0) is 15.6. The third-order valence-corrected chi connectivity index (χ3v) is 5.88. The lowest BCUT2D eigenvalue weighted by Crippen LogP contribution is -2.54. The molecule has 2 heterocycles. The molecule has 4 rings (SSSR count). The number of rotatable bonds is 3. The molecule has 2 aliphatic heterocycles. The number of amides is 1. The van der Waals surface area contributed by atoms with Crippen LogP contribution in [0, 0.1) is 5.92 Å². The molecule has 1 aromatic carbocycles. The van der Waals surface area contributed by atoms with Gasteiger partial charge in [0.2, 0.25) is 5.91 Å². The van der Waals surface area contributed by atoms with E-state index in [-0.39, 0.29) is 5.92 Å². The molecule has 23 heavy (non-hydrogen) atoms. The first-order valence-electron chi connectivity index (χ1n) is 9.14. The minimum absolute atomic E-state index is 0.186. The number of carbonyl (C=O) groups excluding carboxylic acids is 1. The van der Waals surface area contributed by atoms with Gasteiger partial charge >= 0.3 is 0 Å². The standard InChI is InChI=1S/C19H27N3O/c23-19(21-13-11-20(12-14-21)17-7-4-8-17)16-9-10-22(15-16)18-5-2-1-3-6-18/h1-3,5-6,16-17H,4,7-15H2. The first-order valence-corrected chi connectivity index (χ1v) is 9.14. The maximum absolute atomic E-state index is 12.8. The van der Waals surface area contributed by atoms with E-state index < -0.39 is 0 Å². The third-order valence-electron chi connectivity index (χ3n) is 5.88. The van der Waals surface area contributed by atoms with Crippen LogP contribution in [0.3, 0.4) is 0 Å². The lowest BCUT2D eigenvalue weighted by molar-refractivity contribution is -0.137. The highest BCUT2D eigenvalue weighted by Gasteiger charge is 2.34. The minimum Gasteiger partial charge on any atom is -0.371 e. The van der Waals surface area contributed by atoms with E-state index in [1.54, 1.807) is 0 Å². The Morgan fingerprint density at radius 1 is 0.913 bits per heavy atom. The van der Waals surface area contributed by atoms with Crippen molar-refractivity contribution in [2.24, 2.45) is 5.92 Å². The molecular formula is C19H27N3O. The van der Waals surface area contributed by atoms with Crippen LogP contribution in [0.2, 0.25) is 0 Å². The highest BCUT2D eigenvalue weighted by molar-refractivity contribution is 5.80. The van der Waals surface area contributed by atoms with Gasteiger partial charge in [-0.1, -0.05) is 24.6 Å². The van der Waals surface area contributed by atoms with Crippen LogP contribution in [0.25, 0.3) is 0 Å². The van der Waals surface area contributed by atoms with Gasteiger partial charge in [0, 0.05) is 51.0 Å². The number of hydrogen-bond acceptors (Lipinski definition) is 3. The highest BCUT2D eigenvalue weighted by atomic mass is 16.2. The molecule has 3 aliphatic rings. The molecule has 1 amide bonds. The molecule has 0 radical (unpaired) electrons. The Kier molecular flexibility index (Phi) is 4.25. The lowest BCUT2D eigenvalue weighted by atomic mass is 9.91. The smallest absolute Gasteiger partial charge is 0.227 e. The van der Waals surface area contributed by atoms with Crippen LogP contribution >= 0.6 is 0 Å². The van der Waals surface area contributed by atoms with Crippen molar-refractivity contribution in [3.05, 3.63) is 30.3 Å². The Labute approximate surface area is 139 Å². The summed E-state index contributed by atoms with van der Waals surface area (Å²) in [5.74, 6) is 0.571. The second-order valence-electron chi connectivity index (χ2n) is 7.21. The van der Waals surface area contributed by atoms with Gasteiger partial charge in [-0.2, -0.15) is 0 Å². The summed E-state index contributed by atoms with van der Waals surface area (Å²) in [5, 5.41) is 0. The van der Waals surface area contributed by atoms with Gasteiger partial charge in [0.05, 0.1) is 5.92 Å². The van der Waals surface area contributed by atoms with E-state index >= 15 is 0 Å². The van der Waals surface area contributed by atoms with E-state index in [2.05, 4.69) is 39.0 Å². The lowest BCUT2D eigenvalue weighted by Gasteiger charge is -2.43. The average molecular weight is 313 g/mol. The Balaban J connectivity index is 1.30. The Hall–Kier alpha value is -1.55. The first kappa shape index (κ1) is 15.0. The molecule has 0 bridgehead atoms. The zero-order valence-corrected chi connectivity index (χ0v) is 13.9. The van der Waals surface area contributed by atoms with Crippen LogP contribution in [0.5, 0.6) is 0 Å². The quantitative estimate of drug-likeness (QED) is 0.856. The number of carbonyl (C=O) groups is 1. The summed E-state index contributed by atoms with van der Waals surface area (Å²) in [6.45, 7) is 5.89. The molecule has 2 saturated heterocycles. The SMILES string of the molecule is O=C(C1CCN(c2ccccc2)C1)N1CCN(C2CCC2)CC1. The fourth-order valence-corrected chi connectivity index (χ4v) is 4.15. The van der Waals surface area contributed by atoms with Crippen molar-refractivity contribution in [1.82, 2.24) is 9.80 Å². The van der Waals surface area contributed by atoms with Gasteiger partial charge in [0.25, 0.3) is 0 Å². The van der Waals surface area contributed by atoms with Crippen LogP contribution in [-0.4, -0.2) is 61.0 Å². The molecule has 124 valence electrons. The molecule has 1 aromatic rings. The van der Waals surface area contributed by atoms with E-state index in [0.717, 1.165) is 51.7 Å². The minimum atomic E-state index is 0.186. The molecule has 1 aliphatic carbocycles. The van der Waals surface area contributed by atoms with E-state index in [0.29, 0.717) is 5.91 Å². The topological polar surface area (TPSA) is 26.8 Å². The van der Waals surface area contributed by atoms with E-state index in [1.807, 2.05) is 6.07 Å². The van der Waals surface area contributed by atoms with Crippen LogP contribution in [-0.2, 0) is 4.79 Å². The normalized spacial score (nSPS) is 26.3. The second-order valence-corrected chi connectivity index (χ2v) is 7.21. The van der Waals surface area contributed by atoms with Gasteiger partial charge in [0.1, 0.15) is 0 Å². The van der Waals surface area contributed by atoms with Crippen molar-refractivity contribution in [1.29, 1.82) is 0 Å². The molecule has 4 nitrogen and oxygen atoms in total. The van der Waals surface area contributed by atoms with Crippen LogP contribution in [0.15, 0.2) is 30.3 Å². The number of nitrogens with zero attached hydrogens (tertiary/aromatic N) is 3. The van der Waals surface area contributed by atoms with Crippen LogP contribution in [0.1, 0.15) is 25.7 Å². The largest absolute Gasteiger partial charge is 0.371 e. The fourth-order valence-electron chi connectivity index (χ4n) is 4.15. The molecule has 0 spiro atoms. The monoisotopic (exact) mass is 313 g/mol. The van der Waals surface area contributed by atoms with Gasteiger partial charge < -0.3 is 9.80 Å². The average Bonchev–Trinajstić information content (AvgIpc) is 3.04. The summed E-state index contributed by atoms with van der Waals surface area (Å²) in [4.78, 5) is 19.9. The van der Waals surface area contributed by atoms with Crippen molar-refractivity contribution in [2.45, 2.75) is 31.7 Å². The Morgan fingerprint density at radius 3 is 2.30 bits per heavy atom. The Bertz CT molecular complexity index is 535. The number of para-hydroxylation sites is 1. The second kappa shape index (κ2) is 6.52. The summed E-state index contributed by atoms with van der Waals surface area (Å²) in [7, 11) is 0. The first-order chi connectivity index (χ1) is 11.3. The van der Waals surface area contributed by atoms with Crippen molar-refractivity contribution >= 4 is 11.6 Å². The van der Waals surface area contributed by atoms with Crippen LogP contribution in [0.4, 0.5) is 5.69 Å². The number of piperazine rings is 1. The molecule has 3 fully saturated rings. The molecule has 0 aromatic heterocycles. The van der Waals surface area contributed by atoms with Crippen molar-refractivity contribution in [3.63, 3.8) is 0 Å². The summed E-state index contributed by atoms with van der Waals surface area (Å²) in [5.41, 5.74) is 1.25. The molecule has 0 N–H and O–H groups in total. The van der Waals surface area contributed by atoms with Crippen molar-refractivity contribution < 1.29 is 4.79 Å². The molecule has 1 unspecified atom stereocenters. The van der Waals surface area contributed by atoms with Gasteiger partial charge in [-0.15, -0.1) is 0 Å². The fraction of sp³-hybridized carbons (Fsp3) is 0.632. The number of hydrogen-bond donors (Lipinski definition) is 0. The van der Waals surface area contributed by atoms with Gasteiger partial charge in [-0.25, -0.2) is 0 Å². The molecular weight excluding hydrogens is 286 g/mol. The molecule has 4 heteroatoms. The van der Waals surface area contributed by atoms with E-state index in [4.69, 9.17) is 0 Å². The van der Waals surface area contributed by atoms with Gasteiger partial charge in [-0.05, 0) is 31.4 Å². The summed E-state index contributed by atoms with van der Waals surface area (Å²) in [6, 6.07) is 11.3. The zero-order valence-electron chi connectivity index (χ0n) is 13.9. The van der Waals surface area contributed by atoms with E-state index in [1.165, 1.54) is 24.9 Å². The summed E-state index contributed by atoms with van der Waals surface area (Å²) in [6.07, 6.45) is 5.11. The van der Waals surface area contributed by atoms with Crippen LogP contribution < -0.4 is 4.90 Å². The summed E-state index contributed by atoms with van der Waals surface area (Å²) < 4.78 is 0. The number of anilines is 1. The van der Waals surface area contributed by atoms with Gasteiger partial charge in [-0.3, -0.25) is 9.69 Å². The predicted molar refractivity (Wildman–Crippen MR) is 92.6 cm³/mol.